The van der Waals surface area contributed by atoms with Crippen molar-refractivity contribution in [2.45, 2.75) is 18.5 Å². The number of alkyl halides is 3. The van der Waals surface area contributed by atoms with E-state index in [1.54, 1.807) is 16.8 Å². The summed E-state index contributed by atoms with van der Waals surface area (Å²) in [6.07, 6.45) is -5.17. The zero-order chi connectivity index (χ0) is 9.90. The SMILES string of the molecule is OC[C@H](CC(F)(F)F)c1ccsc1. The van der Waals surface area contributed by atoms with Crippen LogP contribution in [-0.4, -0.2) is 17.9 Å². The standard InChI is InChI=1S/C8H9F3OS/c9-8(10,11)3-7(4-12)6-1-2-13-5-6/h1-2,5,7,12H,3-4H2/t7-/m0/s1. The molecule has 0 saturated carbocycles. The van der Waals surface area contributed by atoms with Gasteiger partial charge >= 0.3 is 6.18 Å². The molecule has 1 N–H and O–H groups in total. The molecule has 0 fully saturated rings. The smallest absolute Gasteiger partial charge is 0.389 e. The van der Waals surface area contributed by atoms with Crippen LogP contribution in [0.25, 0.3) is 0 Å². The number of aliphatic hydroxyl groups excluding tert-OH is 1. The van der Waals surface area contributed by atoms with Crippen LogP contribution in [0.3, 0.4) is 0 Å². The first-order valence-electron chi connectivity index (χ1n) is 3.72. The summed E-state index contributed by atoms with van der Waals surface area (Å²) < 4.78 is 35.9. The van der Waals surface area contributed by atoms with Crippen LogP contribution in [0.2, 0.25) is 0 Å². The van der Waals surface area contributed by atoms with Crippen molar-refractivity contribution in [3.63, 3.8) is 0 Å². The molecule has 0 aliphatic heterocycles. The zero-order valence-electron chi connectivity index (χ0n) is 6.71. The second-order valence-electron chi connectivity index (χ2n) is 2.76. The fraction of sp³-hybridized carbons (Fsp3) is 0.500. The molecule has 1 aromatic heterocycles. The van der Waals surface area contributed by atoms with Gasteiger partial charge in [0.1, 0.15) is 0 Å². The predicted molar refractivity (Wildman–Crippen MR) is 44.8 cm³/mol. The lowest BCUT2D eigenvalue weighted by atomic mass is 9.99. The molecule has 1 rings (SSSR count). The summed E-state index contributed by atoms with van der Waals surface area (Å²) in [5.74, 6) is -0.814. The topological polar surface area (TPSA) is 20.2 Å². The number of hydrogen-bond donors (Lipinski definition) is 1. The molecule has 74 valence electrons. The highest BCUT2D eigenvalue weighted by molar-refractivity contribution is 7.07. The summed E-state index contributed by atoms with van der Waals surface area (Å²) in [5, 5.41) is 12.1. The predicted octanol–water partition coefficient (Wildman–Crippen LogP) is 2.78. The largest absolute Gasteiger partial charge is 0.396 e. The second kappa shape index (κ2) is 4.11. The van der Waals surface area contributed by atoms with Crippen LogP contribution in [-0.2, 0) is 0 Å². The maximum Gasteiger partial charge on any atom is 0.389 e. The fourth-order valence-electron chi connectivity index (χ4n) is 1.07. The Morgan fingerprint density at radius 3 is 2.54 bits per heavy atom. The first-order valence-corrected chi connectivity index (χ1v) is 4.67. The molecule has 0 amide bonds. The molecule has 1 heterocycles. The quantitative estimate of drug-likeness (QED) is 0.813. The highest BCUT2D eigenvalue weighted by Gasteiger charge is 2.32. The van der Waals surface area contributed by atoms with Crippen LogP contribution in [0.1, 0.15) is 17.9 Å². The summed E-state index contributed by atoms with van der Waals surface area (Å²) in [5.41, 5.74) is 0.560. The lowest BCUT2D eigenvalue weighted by molar-refractivity contribution is -0.140. The Bertz CT molecular complexity index is 242. The van der Waals surface area contributed by atoms with Gasteiger partial charge < -0.3 is 5.11 Å². The first kappa shape index (κ1) is 10.5. The van der Waals surface area contributed by atoms with Gasteiger partial charge in [-0.05, 0) is 22.4 Å². The highest BCUT2D eigenvalue weighted by Crippen LogP contribution is 2.31. The van der Waals surface area contributed by atoms with Crippen LogP contribution < -0.4 is 0 Å². The maximum atomic E-state index is 12.0. The van der Waals surface area contributed by atoms with Crippen LogP contribution in [0, 0.1) is 0 Å². The minimum Gasteiger partial charge on any atom is -0.396 e. The monoisotopic (exact) mass is 210 g/mol. The molecule has 5 heteroatoms. The molecule has 0 spiro atoms. The van der Waals surface area contributed by atoms with Crippen molar-refractivity contribution in [2.24, 2.45) is 0 Å². The van der Waals surface area contributed by atoms with Crippen LogP contribution in [0.15, 0.2) is 16.8 Å². The molecule has 0 aliphatic rings. The van der Waals surface area contributed by atoms with Gasteiger partial charge in [-0.2, -0.15) is 24.5 Å². The molecule has 0 radical (unpaired) electrons. The van der Waals surface area contributed by atoms with Crippen LogP contribution >= 0.6 is 11.3 Å². The zero-order valence-corrected chi connectivity index (χ0v) is 7.53. The van der Waals surface area contributed by atoms with Crippen molar-refractivity contribution in [3.8, 4) is 0 Å². The number of rotatable bonds is 3. The van der Waals surface area contributed by atoms with E-state index in [1.165, 1.54) is 11.3 Å². The molecular formula is C8H9F3OS. The molecule has 0 unspecified atom stereocenters. The van der Waals surface area contributed by atoms with E-state index in [0.717, 1.165) is 0 Å². The average molecular weight is 210 g/mol. The minimum atomic E-state index is -4.21. The second-order valence-corrected chi connectivity index (χ2v) is 3.54. The third kappa shape index (κ3) is 3.36. The van der Waals surface area contributed by atoms with Crippen molar-refractivity contribution in [1.82, 2.24) is 0 Å². The summed E-state index contributed by atoms with van der Waals surface area (Å²) >= 11 is 1.33. The van der Waals surface area contributed by atoms with Gasteiger partial charge in [-0.3, -0.25) is 0 Å². The van der Waals surface area contributed by atoms with E-state index >= 15 is 0 Å². The third-order valence-corrected chi connectivity index (χ3v) is 2.41. The lowest BCUT2D eigenvalue weighted by Crippen LogP contribution is -2.16. The first-order chi connectivity index (χ1) is 6.03. The van der Waals surface area contributed by atoms with E-state index in [1.807, 2.05) is 0 Å². The third-order valence-electron chi connectivity index (χ3n) is 1.71. The molecule has 0 saturated heterocycles. The summed E-state index contributed by atoms with van der Waals surface area (Å²) in [4.78, 5) is 0. The van der Waals surface area contributed by atoms with Crippen molar-refractivity contribution in [2.75, 3.05) is 6.61 Å². The van der Waals surface area contributed by atoms with E-state index in [4.69, 9.17) is 5.11 Å². The summed E-state index contributed by atoms with van der Waals surface area (Å²) in [7, 11) is 0. The van der Waals surface area contributed by atoms with Crippen molar-refractivity contribution >= 4 is 11.3 Å². The van der Waals surface area contributed by atoms with E-state index in [9.17, 15) is 13.2 Å². The number of aliphatic hydroxyl groups is 1. The summed E-state index contributed by atoms with van der Waals surface area (Å²) in [6.45, 7) is -0.462. The highest BCUT2D eigenvalue weighted by atomic mass is 32.1. The van der Waals surface area contributed by atoms with E-state index in [0.29, 0.717) is 5.56 Å². The molecule has 1 nitrogen and oxygen atoms in total. The van der Waals surface area contributed by atoms with Gasteiger partial charge in [0.2, 0.25) is 0 Å². The molecule has 0 aliphatic carbocycles. The van der Waals surface area contributed by atoms with Gasteiger partial charge in [-0.25, -0.2) is 0 Å². The Morgan fingerprint density at radius 2 is 2.15 bits per heavy atom. The molecule has 1 aromatic rings. The normalized spacial score (nSPS) is 14.5. The summed E-state index contributed by atoms with van der Waals surface area (Å²) in [6, 6.07) is 1.61. The van der Waals surface area contributed by atoms with Gasteiger partial charge in [-0.15, -0.1) is 0 Å². The Hall–Kier alpha value is -0.550. The van der Waals surface area contributed by atoms with Crippen LogP contribution in [0.5, 0.6) is 0 Å². The molecule has 13 heavy (non-hydrogen) atoms. The lowest BCUT2D eigenvalue weighted by Gasteiger charge is -2.14. The van der Waals surface area contributed by atoms with Gasteiger partial charge in [0.15, 0.2) is 0 Å². The van der Waals surface area contributed by atoms with Gasteiger partial charge in [0.05, 0.1) is 13.0 Å². The number of thiophene rings is 1. The Labute approximate surface area is 77.8 Å². The Kier molecular flexibility index (Phi) is 3.33. The van der Waals surface area contributed by atoms with E-state index in [-0.39, 0.29) is 0 Å². The Balaban J connectivity index is 2.64. The van der Waals surface area contributed by atoms with Crippen molar-refractivity contribution in [1.29, 1.82) is 0 Å². The minimum absolute atomic E-state index is 0.462. The Morgan fingerprint density at radius 1 is 1.46 bits per heavy atom. The molecule has 0 aromatic carbocycles. The van der Waals surface area contributed by atoms with Gasteiger partial charge in [0.25, 0.3) is 0 Å². The van der Waals surface area contributed by atoms with E-state index in [2.05, 4.69) is 0 Å². The fourth-order valence-corrected chi connectivity index (χ4v) is 1.82. The molecular weight excluding hydrogens is 201 g/mol. The molecule has 0 bridgehead atoms. The van der Waals surface area contributed by atoms with Crippen LogP contribution in [0.4, 0.5) is 13.2 Å². The van der Waals surface area contributed by atoms with E-state index < -0.39 is 25.1 Å². The molecule has 1 atom stereocenters. The van der Waals surface area contributed by atoms with Gasteiger partial charge in [-0.1, -0.05) is 0 Å². The maximum absolute atomic E-state index is 12.0. The van der Waals surface area contributed by atoms with Gasteiger partial charge in [0, 0.05) is 5.92 Å². The average Bonchev–Trinajstić information content (AvgIpc) is 2.50. The number of halogens is 3. The number of hydrogen-bond acceptors (Lipinski definition) is 2. The van der Waals surface area contributed by atoms with Crippen molar-refractivity contribution < 1.29 is 18.3 Å². The van der Waals surface area contributed by atoms with Crippen molar-refractivity contribution in [3.05, 3.63) is 22.4 Å².